The lowest BCUT2D eigenvalue weighted by molar-refractivity contribution is 0.109. The van der Waals surface area contributed by atoms with Crippen molar-refractivity contribution in [3.8, 4) is 0 Å². The van der Waals surface area contributed by atoms with Crippen LogP contribution in [-0.4, -0.2) is 35.9 Å². The van der Waals surface area contributed by atoms with E-state index in [0.29, 0.717) is 11.9 Å². The minimum absolute atomic E-state index is 0.165. The topological polar surface area (TPSA) is 60.2 Å². The first-order chi connectivity index (χ1) is 8.99. The molecule has 0 spiro atoms. The molecule has 5 heteroatoms. The Hall–Kier alpha value is -0.940. The van der Waals surface area contributed by atoms with Gasteiger partial charge in [-0.25, -0.2) is 0 Å². The molecule has 2 unspecified atom stereocenters. The van der Waals surface area contributed by atoms with Crippen LogP contribution >= 0.6 is 0 Å². The van der Waals surface area contributed by atoms with Crippen molar-refractivity contribution in [2.45, 2.75) is 58.6 Å². The van der Waals surface area contributed by atoms with E-state index < -0.39 is 0 Å². The van der Waals surface area contributed by atoms with Crippen molar-refractivity contribution in [1.82, 2.24) is 15.5 Å². The van der Waals surface area contributed by atoms with Crippen molar-refractivity contribution in [3.05, 3.63) is 11.7 Å². The lowest BCUT2D eigenvalue weighted by Gasteiger charge is -2.29. The van der Waals surface area contributed by atoms with Gasteiger partial charge in [-0.05, 0) is 25.3 Å². The summed E-state index contributed by atoms with van der Waals surface area (Å²) in [7, 11) is 1.97. The van der Waals surface area contributed by atoms with Crippen LogP contribution in [0, 0.1) is 5.41 Å². The molecule has 0 bridgehead atoms. The maximum absolute atomic E-state index is 5.59. The summed E-state index contributed by atoms with van der Waals surface area (Å²) in [6, 6.07) is 0.323. The summed E-state index contributed by atoms with van der Waals surface area (Å²) in [5.74, 6) is 1.48. The molecular weight excluding hydrogens is 242 g/mol. The van der Waals surface area contributed by atoms with Crippen LogP contribution in [0.3, 0.4) is 0 Å². The van der Waals surface area contributed by atoms with Gasteiger partial charge in [-0.3, -0.25) is 0 Å². The summed E-state index contributed by atoms with van der Waals surface area (Å²) in [6.45, 7) is 7.48. The number of hydrogen-bond acceptors (Lipinski definition) is 5. The van der Waals surface area contributed by atoms with Crippen LogP contribution in [0.2, 0.25) is 0 Å². The molecule has 1 aromatic heterocycles. The summed E-state index contributed by atoms with van der Waals surface area (Å²) < 4.78 is 10.9. The number of nitrogens with one attached hydrogen (secondary N) is 1. The predicted molar refractivity (Wildman–Crippen MR) is 73.0 cm³/mol. The highest BCUT2D eigenvalue weighted by molar-refractivity contribution is 4.94. The molecule has 1 aromatic rings. The zero-order chi connectivity index (χ0) is 13.9. The zero-order valence-electron chi connectivity index (χ0n) is 12.4. The van der Waals surface area contributed by atoms with Crippen molar-refractivity contribution < 1.29 is 9.26 Å². The Morgan fingerprint density at radius 1 is 1.42 bits per heavy atom. The molecule has 2 rings (SSSR count). The van der Waals surface area contributed by atoms with Crippen LogP contribution < -0.4 is 5.32 Å². The van der Waals surface area contributed by atoms with Crippen LogP contribution in [0.15, 0.2) is 4.52 Å². The molecule has 0 saturated carbocycles. The second-order valence-corrected chi connectivity index (χ2v) is 6.35. The van der Waals surface area contributed by atoms with Gasteiger partial charge in [-0.1, -0.05) is 25.9 Å². The molecule has 0 radical (unpaired) electrons. The van der Waals surface area contributed by atoms with Gasteiger partial charge in [0.15, 0.2) is 5.82 Å². The van der Waals surface area contributed by atoms with Gasteiger partial charge in [0.1, 0.15) is 0 Å². The van der Waals surface area contributed by atoms with Crippen molar-refractivity contribution in [3.63, 3.8) is 0 Å². The van der Waals surface area contributed by atoms with Gasteiger partial charge < -0.3 is 14.6 Å². The molecular formula is C14H25N3O2. The van der Waals surface area contributed by atoms with E-state index in [2.05, 4.69) is 36.2 Å². The van der Waals surface area contributed by atoms with Gasteiger partial charge in [0.25, 0.3) is 0 Å². The highest BCUT2D eigenvalue weighted by Gasteiger charge is 2.26. The molecule has 0 amide bonds. The van der Waals surface area contributed by atoms with E-state index >= 15 is 0 Å². The van der Waals surface area contributed by atoms with Crippen molar-refractivity contribution in [2.24, 2.45) is 5.41 Å². The summed E-state index contributed by atoms with van der Waals surface area (Å²) in [4.78, 5) is 4.48. The lowest BCUT2D eigenvalue weighted by atomic mass is 9.85. The molecule has 19 heavy (non-hydrogen) atoms. The number of likely N-dealkylation sites (N-methyl/N-ethyl adjacent to an activating group) is 1. The minimum atomic E-state index is 0.165. The van der Waals surface area contributed by atoms with Gasteiger partial charge in [-0.2, -0.15) is 4.98 Å². The summed E-state index contributed by atoms with van der Waals surface area (Å²) in [5, 5.41) is 7.38. The average molecular weight is 267 g/mol. The number of ether oxygens (including phenoxy) is 1. The number of rotatable bonds is 5. The molecule has 5 nitrogen and oxygen atoms in total. The minimum Gasteiger partial charge on any atom is -0.378 e. The molecule has 1 saturated heterocycles. The van der Waals surface area contributed by atoms with Gasteiger partial charge in [0, 0.05) is 25.5 Å². The van der Waals surface area contributed by atoms with Gasteiger partial charge in [-0.15, -0.1) is 0 Å². The number of nitrogens with zero attached hydrogens (tertiary/aromatic N) is 2. The van der Waals surface area contributed by atoms with E-state index in [1.165, 1.54) is 0 Å². The van der Waals surface area contributed by atoms with Crippen LogP contribution in [0.5, 0.6) is 0 Å². The fourth-order valence-corrected chi connectivity index (χ4v) is 2.48. The maximum atomic E-state index is 5.59. The third-order valence-electron chi connectivity index (χ3n) is 3.72. The first-order valence-corrected chi connectivity index (χ1v) is 7.09. The van der Waals surface area contributed by atoms with E-state index in [-0.39, 0.29) is 11.5 Å². The first-order valence-electron chi connectivity index (χ1n) is 7.09. The van der Waals surface area contributed by atoms with E-state index in [9.17, 15) is 0 Å². The Bertz CT molecular complexity index is 392. The Labute approximate surface area is 115 Å². The summed E-state index contributed by atoms with van der Waals surface area (Å²) in [5.41, 5.74) is 0.165. The third-order valence-corrected chi connectivity index (χ3v) is 3.72. The standard InChI is InChI=1S/C14H25N3O2/c1-14(2,3)11(15-4)9-13-16-12(17-19-13)8-10-6-5-7-18-10/h10-11,15H,5-9H2,1-4H3. The van der Waals surface area contributed by atoms with Crippen LogP contribution in [0.1, 0.15) is 45.3 Å². The molecule has 0 aromatic carbocycles. The Morgan fingerprint density at radius 3 is 2.79 bits per heavy atom. The normalized spacial score (nSPS) is 21.8. The van der Waals surface area contributed by atoms with Gasteiger partial charge in [0.05, 0.1) is 6.10 Å². The highest BCUT2D eigenvalue weighted by Crippen LogP contribution is 2.22. The lowest BCUT2D eigenvalue weighted by Crippen LogP contribution is -2.39. The van der Waals surface area contributed by atoms with Crippen LogP contribution in [0.4, 0.5) is 0 Å². The largest absolute Gasteiger partial charge is 0.378 e. The smallest absolute Gasteiger partial charge is 0.228 e. The monoisotopic (exact) mass is 267 g/mol. The van der Waals surface area contributed by atoms with Crippen molar-refractivity contribution in [1.29, 1.82) is 0 Å². The quantitative estimate of drug-likeness (QED) is 0.883. The van der Waals surface area contributed by atoms with Crippen molar-refractivity contribution in [2.75, 3.05) is 13.7 Å². The number of hydrogen-bond donors (Lipinski definition) is 1. The Balaban J connectivity index is 1.92. The third kappa shape index (κ3) is 4.01. The molecule has 2 heterocycles. The van der Waals surface area contributed by atoms with Crippen molar-refractivity contribution >= 4 is 0 Å². The molecule has 0 aliphatic carbocycles. The maximum Gasteiger partial charge on any atom is 0.228 e. The van der Waals surface area contributed by atoms with Gasteiger partial charge in [0.2, 0.25) is 5.89 Å². The molecule has 108 valence electrons. The molecule has 1 aliphatic rings. The molecule has 1 aliphatic heterocycles. The van der Waals surface area contributed by atoms with E-state index in [4.69, 9.17) is 9.26 Å². The average Bonchev–Trinajstić information content (AvgIpc) is 2.97. The molecule has 2 atom stereocenters. The Morgan fingerprint density at radius 2 is 2.21 bits per heavy atom. The fraction of sp³-hybridized carbons (Fsp3) is 0.857. The van der Waals surface area contributed by atoms with Crippen LogP contribution in [0.25, 0.3) is 0 Å². The highest BCUT2D eigenvalue weighted by atomic mass is 16.5. The summed E-state index contributed by atoms with van der Waals surface area (Å²) in [6.07, 6.45) is 4.04. The first kappa shape index (κ1) is 14.5. The van der Waals surface area contributed by atoms with E-state index in [1.54, 1.807) is 0 Å². The number of aromatic nitrogens is 2. The summed E-state index contributed by atoms with van der Waals surface area (Å²) >= 11 is 0. The zero-order valence-corrected chi connectivity index (χ0v) is 12.4. The Kier molecular flexibility index (Phi) is 4.58. The van der Waals surface area contributed by atoms with E-state index in [0.717, 1.165) is 38.1 Å². The molecule has 1 N–H and O–H groups in total. The van der Waals surface area contributed by atoms with Crippen LogP contribution in [-0.2, 0) is 17.6 Å². The SMILES string of the molecule is CNC(Cc1nc(CC2CCCO2)no1)C(C)(C)C. The fourth-order valence-electron chi connectivity index (χ4n) is 2.48. The predicted octanol–water partition coefficient (Wildman–Crippen LogP) is 1.97. The second kappa shape index (κ2) is 6.01. The second-order valence-electron chi connectivity index (χ2n) is 6.35. The van der Waals surface area contributed by atoms with Gasteiger partial charge >= 0.3 is 0 Å². The van der Waals surface area contributed by atoms with E-state index in [1.807, 2.05) is 7.05 Å². The molecule has 1 fully saturated rings.